The first-order valence-corrected chi connectivity index (χ1v) is 5.47. The van der Waals surface area contributed by atoms with Gasteiger partial charge in [-0.1, -0.05) is 23.8 Å². The summed E-state index contributed by atoms with van der Waals surface area (Å²) in [5.74, 6) is -0.172. The first kappa shape index (κ1) is 12.6. The summed E-state index contributed by atoms with van der Waals surface area (Å²) < 4.78 is 0. The molecule has 1 amide bonds. The number of hydrogen-bond donors (Lipinski definition) is 2. The molecule has 0 unspecified atom stereocenters. The van der Waals surface area contributed by atoms with E-state index in [2.05, 4.69) is 5.32 Å². The summed E-state index contributed by atoms with van der Waals surface area (Å²) in [6.45, 7) is 2.54. The van der Waals surface area contributed by atoms with Crippen LogP contribution in [0.4, 0.5) is 5.69 Å². The van der Waals surface area contributed by atoms with E-state index >= 15 is 0 Å². The standard InChI is InChI=1S/C12H15ClN2O/c1-2-3-4-7-15-12(16)10-6-5-9(14)8-11(10)13/h2-3,5-6,8H,4,7,14H2,1H3,(H,15,16)/b3-2+. The van der Waals surface area contributed by atoms with Crippen LogP contribution in [0.1, 0.15) is 23.7 Å². The molecule has 0 aromatic heterocycles. The van der Waals surface area contributed by atoms with Crippen molar-refractivity contribution in [1.82, 2.24) is 5.32 Å². The maximum absolute atomic E-state index is 11.7. The molecule has 0 saturated heterocycles. The Morgan fingerprint density at radius 1 is 1.56 bits per heavy atom. The Morgan fingerprint density at radius 3 is 2.94 bits per heavy atom. The number of carbonyl (C=O) groups excluding carboxylic acids is 1. The molecule has 0 saturated carbocycles. The van der Waals surface area contributed by atoms with Crippen molar-refractivity contribution < 1.29 is 4.79 Å². The van der Waals surface area contributed by atoms with Crippen LogP contribution in [-0.2, 0) is 0 Å². The van der Waals surface area contributed by atoms with Crippen molar-refractivity contribution in [1.29, 1.82) is 0 Å². The lowest BCUT2D eigenvalue weighted by atomic mass is 10.2. The number of amides is 1. The van der Waals surface area contributed by atoms with E-state index in [-0.39, 0.29) is 5.91 Å². The third-order valence-electron chi connectivity index (χ3n) is 2.07. The molecule has 0 aliphatic rings. The number of nitrogen functional groups attached to an aromatic ring is 1. The average Bonchev–Trinajstić information content (AvgIpc) is 2.24. The van der Waals surface area contributed by atoms with Crippen molar-refractivity contribution in [3.05, 3.63) is 40.9 Å². The van der Waals surface area contributed by atoms with Gasteiger partial charge in [0, 0.05) is 12.2 Å². The molecular weight excluding hydrogens is 224 g/mol. The van der Waals surface area contributed by atoms with Gasteiger partial charge in [-0.25, -0.2) is 0 Å². The first-order chi connectivity index (χ1) is 7.65. The number of nitrogens with one attached hydrogen (secondary N) is 1. The minimum Gasteiger partial charge on any atom is -0.399 e. The lowest BCUT2D eigenvalue weighted by Gasteiger charge is -2.05. The van der Waals surface area contributed by atoms with Crippen molar-refractivity contribution in [2.45, 2.75) is 13.3 Å². The monoisotopic (exact) mass is 238 g/mol. The Bertz CT molecular complexity index is 402. The van der Waals surface area contributed by atoms with E-state index in [1.807, 2.05) is 19.1 Å². The summed E-state index contributed by atoms with van der Waals surface area (Å²) in [4.78, 5) is 11.7. The minimum atomic E-state index is -0.172. The van der Waals surface area contributed by atoms with Crippen LogP contribution in [0.3, 0.4) is 0 Å². The van der Waals surface area contributed by atoms with Crippen LogP contribution in [0.15, 0.2) is 30.4 Å². The van der Waals surface area contributed by atoms with Crippen LogP contribution in [0.5, 0.6) is 0 Å². The third kappa shape index (κ3) is 3.59. The van der Waals surface area contributed by atoms with Gasteiger partial charge in [0.1, 0.15) is 0 Å². The molecule has 0 bridgehead atoms. The zero-order chi connectivity index (χ0) is 12.0. The summed E-state index contributed by atoms with van der Waals surface area (Å²) >= 11 is 5.91. The van der Waals surface area contributed by atoms with E-state index in [1.165, 1.54) is 0 Å². The van der Waals surface area contributed by atoms with Crippen LogP contribution in [0, 0.1) is 0 Å². The molecule has 1 aromatic carbocycles. The Kier molecular flexibility index (Phi) is 4.86. The average molecular weight is 239 g/mol. The van der Waals surface area contributed by atoms with Crippen molar-refractivity contribution in [3.63, 3.8) is 0 Å². The molecule has 1 aromatic rings. The van der Waals surface area contributed by atoms with Crippen molar-refractivity contribution in [3.8, 4) is 0 Å². The molecule has 0 heterocycles. The molecule has 86 valence electrons. The summed E-state index contributed by atoms with van der Waals surface area (Å²) in [7, 11) is 0. The third-order valence-corrected chi connectivity index (χ3v) is 2.38. The Balaban J connectivity index is 2.59. The smallest absolute Gasteiger partial charge is 0.252 e. The number of benzene rings is 1. The predicted octanol–water partition coefficient (Wildman–Crippen LogP) is 2.62. The van der Waals surface area contributed by atoms with Gasteiger partial charge in [-0.3, -0.25) is 4.79 Å². The number of rotatable bonds is 4. The van der Waals surface area contributed by atoms with Crippen LogP contribution in [0.2, 0.25) is 5.02 Å². The number of halogens is 1. The highest BCUT2D eigenvalue weighted by molar-refractivity contribution is 6.34. The fraction of sp³-hybridized carbons (Fsp3) is 0.250. The lowest BCUT2D eigenvalue weighted by molar-refractivity contribution is 0.0954. The van der Waals surface area contributed by atoms with Gasteiger partial charge in [-0.15, -0.1) is 0 Å². The van der Waals surface area contributed by atoms with E-state index in [9.17, 15) is 4.79 Å². The van der Waals surface area contributed by atoms with Gasteiger partial charge in [0.25, 0.3) is 5.91 Å². The fourth-order valence-corrected chi connectivity index (χ4v) is 1.52. The van der Waals surface area contributed by atoms with Gasteiger partial charge in [0.05, 0.1) is 10.6 Å². The highest BCUT2D eigenvalue weighted by Gasteiger charge is 2.08. The summed E-state index contributed by atoms with van der Waals surface area (Å²) in [5, 5.41) is 3.16. The molecule has 3 N–H and O–H groups in total. The molecule has 0 aliphatic carbocycles. The van der Waals surface area contributed by atoms with Crippen molar-refractivity contribution in [2.24, 2.45) is 0 Å². The van der Waals surface area contributed by atoms with E-state index in [0.29, 0.717) is 22.8 Å². The second kappa shape index (κ2) is 6.18. The van der Waals surface area contributed by atoms with Crippen LogP contribution < -0.4 is 11.1 Å². The van der Waals surface area contributed by atoms with Gasteiger partial charge in [-0.2, -0.15) is 0 Å². The molecule has 16 heavy (non-hydrogen) atoms. The predicted molar refractivity (Wildman–Crippen MR) is 67.6 cm³/mol. The Labute approximate surface area is 100 Å². The molecule has 0 atom stereocenters. The lowest BCUT2D eigenvalue weighted by Crippen LogP contribution is -2.24. The second-order valence-electron chi connectivity index (χ2n) is 3.35. The normalized spacial score (nSPS) is 10.6. The summed E-state index contributed by atoms with van der Waals surface area (Å²) in [5.41, 5.74) is 6.55. The number of carbonyl (C=O) groups is 1. The first-order valence-electron chi connectivity index (χ1n) is 5.09. The van der Waals surface area contributed by atoms with Crippen LogP contribution >= 0.6 is 11.6 Å². The van der Waals surface area contributed by atoms with Gasteiger partial charge in [0.15, 0.2) is 0 Å². The van der Waals surface area contributed by atoms with Gasteiger partial charge >= 0.3 is 0 Å². The van der Waals surface area contributed by atoms with E-state index in [1.54, 1.807) is 18.2 Å². The molecule has 0 fully saturated rings. The number of allylic oxidation sites excluding steroid dienone is 1. The molecule has 4 heteroatoms. The van der Waals surface area contributed by atoms with E-state index in [0.717, 1.165) is 6.42 Å². The molecule has 0 aliphatic heterocycles. The molecule has 0 radical (unpaired) electrons. The zero-order valence-corrected chi connectivity index (χ0v) is 9.92. The zero-order valence-electron chi connectivity index (χ0n) is 9.16. The quantitative estimate of drug-likeness (QED) is 0.481. The summed E-state index contributed by atoms with van der Waals surface area (Å²) in [6.07, 6.45) is 4.75. The number of nitrogens with two attached hydrogens (primary N) is 1. The molecule has 0 spiro atoms. The molecule has 3 nitrogen and oxygen atoms in total. The van der Waals surface area contributed by atoms with E-state index < -0.39 is 0 Å². The fourth-order valence-electron chi connectivity index (χ4n) is 1.25. The van der Waals surface area contributed by atoms with Gasteiger partial charge in [0.2, 0.25) is 0 Å². The second-order valence-corrected chi connectivity index (χ2v) is 3.76. The van der Waals surface area contributed by atoms with Crippen LogP contribution in [-0.4, -0.2) is 12.5 Å². The molecule has 1 rings (SSSR count). The summed E-state index contributed by atoms with van der Waals surface area (Å²) in [6, 6.07) is 4.86. The Morgan fingerprint density at radius 2 is 2.31 bits per heavy atom. The number of anilines is 1. The highest BCUT2D eigenvalue weighted by atomic mass is 35.5. The van der Waals surface area contributed by atoms with Crippen LogP contribution in [0.25, 0.3) is 0 Å². The highest BCUT2D eigenvalue weighted by Crippen LogP contribution is 2.18. The largest absolute Gasteiger partial charge is 0.399 e. The van der Waals surface area contributed by atoms with Crippen molar-refractivity contribution >= 4 is 23.2 Å². The maximum Gasteiger partial charge on any atom is 0.252 e. The maximum atomic E-state index is 11.7. The topological polar surface area (TPSA) is 55.1 Å². The van der Waals surface area contributed by atoms with E-state index in [4.69, 9.17) is 17.3 Å². The molecular formula is C12H15ClN2O. The van der Waals surface area contributed by atoms with Gasteiger partial charge < -0.3 is 11.1 Å². The number of hydrogen-bond acceptors (Lipinski definition) is 2. The Hall–Kier alpha value is -1.48. The SMILES string of the molecule is C/C=C/CCNC(=O)c1ccc(N)cc1Cl. The van der Waals surface area contributed by atoms with Gasteiger partial charge in [-0.05, 0) is 31.5 Å². The minimum absolute atomic E-state index is 0.172. The van der Waals surface area contributed by atoms with Crippen molar-refractivity contribution in [2.75, 3.05) is 12.3 Å².